The first kappa shape index (κ1) is 19.8. The van der Waals surface area contributed by atoms with Crippen LogP contribution in [-0.4, -0.2) is 28.0 Å². The van der Waals surface area contributed by atoms with Crippen molar-refractivity contribution in [3.8, 4) is 0 Å². The minimum Gasteiger partial charge on any atom is -0.462 e. The van der Waals surface area contributed by atoms with Crippen molar-refractivity contribution in [1.29, 1.82) is 0 Å². The normalized spacial score (nSPS) is 11.0. The molecule has 0 saturated carbocycles. The van der Waals surface area contributed by atoms with E-state index in [1.807, 2.05) is 13.8 Å². The SMILES string of the molecule is CCOC(=O)c1ccc(NC(=O)c2c(C)sc3c(=O)n(C(C)C)cnc23)cc1. The Morgan fingerprint density at radius 2 is 1.93 bits per heavy atom. The molecule has 1 N–H and O–H groups in total. The van der Waals surface area contributed by atoms with Crippen LogP contribution < -0.4 is 10.9 Å². The third-order valence-electron chi connectivity index (χ3n) is 4.24. The molecule has 0 aliphatic rings. The Bertz CT molecular complexity index is 1100. The second kappa shape index (κ2) is 7.93. The van der Waals surface area contributed by atoms with E-state index in [9.17, 15) is 14.4 Å². The number of hydrogen-bond donors (Lipinski definition) is 1. The fourth-order valence-corrected chi connectivity index (χ4v) is 3.87. The van der Waals surface area contributed by atoms with Gasteiger partial charge < -0.3 is 10.1 Å². The van der Waals surface area contributed by atoms with Gasteiger partial charge in [0.1, 0.15) is 10.2 Å². The molecule has 0 bridgehead atoms. The number of anilines is 1. The molecule has 8 heteroatoms. The summed E-state index contributed by atoms with van der Waals surface area (Å²) in [6.45, 7) is 7.65. The van der Waals surface area contributed by atoms with Gasteiger partial charge in [-0.15, -0.1) is 11.3 Å². The zero-order valence-electron chi connectivity index (χ0n) is 16.1. The number of benzene rings is 1. The number of nitrogens with one attached hydrogen (secondary N) is 1. The monoisotopic (exact) mass is 399 g/mol. The first-order chi connectivity index (χ1) is 13.3. The van der Waals surface area contributed by atoms with Crippen LogP contribution in [0, 0.1) is 6.92 Å². The van der Waals surface area contributed by atoms with Gasteiger partial charge in [-0.1, -0.05) is 0 Å². The number of fused-ring (bicyclic) bond motifs is 1. The summed E-state index contributed by atoms with van der Waals surface area (Å²) in [5.41, 5.74) is 1.60. The number of esters is 1. The van der Waals surface area contributed by atoms with Crippen LogP contribution in [0.1, 0.15) is 52.4 Å². The lowest BCUT2D eigenvalue weighted by molar-refractivity contribution is 0.0526. The zero-order valence-corrected chi connectivity index (χ0v) is 16.9. The summed E-state index contributed by atoms with van der Waals surface area (Å²) in [6, 6.07) is 6.43. The minimum atomic E-state index is -0.411. The zero-order chi connectivity index (χ0) is 20.4. The largest absolute Gasteiger partial charge is 0.462 e. The highest BCUT2D eigenvalue weighted by Gasteiger charge is 2.21. The van der Waals surface area contributed by atoms with E-state index < -0.39 is 5.97 Å². The molecule has 0 aliphatic carbocycles. The van der Waals surface area contributed by atoms with Gasteiger partial charge in [0.25, 0.3) is 11.5 Å². The summed E-state index contributed by atoms with van der Waals surface area (Å²) in [7, 11) is 0. The molecular weight excluding hydrogens is 378 g/mol. The van der Waals surface area contributed by atoms with E-state index in [1.165, 1.54) is 17.7 Å². The van der Waals surface area contributed by atoms with Crippen LogP contribution in [0.25, 0.3) is 10.2 Å². The number of hydrogen-bond acceptors (Lipinski definition) is 6. The number of aromatic nitrogens is 2. The van der Waals surface area contributed by atoms with Gasteiger partial charge >= 0.3 is 5.97 Å². The average molecular weight is 399 g/mol. The lowest BCUT2D eigenvalue weighted by Crippen LogP contribution is -2.22. The quantitative estimate of drug-likeness (QED) is 0.660. The Labute approximate surface area is 166 Å². The highest BCUT2D eigenvalue weighted by atomic mass is 32.1. The van der Waals surface area contributed by atoms with Crippen LogP contribution in [-0.2, 0) is 4.74 Å². The maximum absolute atomic E-state index is 12.8. The molecule has 2 heterocycles. The number of nitrogens with zero attached hydrogens (tertiary/aromatic N) is 2. The van der Waals surface area contributed by atoms with Crippen LogP contribution in [0.4, 0.5) is 5.69 Å². The molecule has 146 valence electrons. The van der Waals surface area contributed by atoms with Crippen LogP contribution in [0.2, 0.25) is 0 Å². The fraction of sp³-hybridized carbons (Fsp3) is 0.300. The van der Waals surface area contributed by atoms with Crippen LogP contribution >= 0.6 is 11.3 Å². The third kappa shape index (κ3) is 3.68. The number of ether oxygens (including phenoxy) is 1. The predicted octanol–water partition coefficient (Wildman–Crippen LogP) is 3.78. The van der Waals surface area contributed by atoms with Gasteiger partial charge in [-0.25, -0.2) is 9.78 Å². The van der Waals surface area contributed by atoms with Crippen molar-refractivity contribution in [1.82, 2.24) is 9.55 Å². The molecule has 0 radical (unpaired) electrons. The van der Waals surface area contributed by atoms with Gasteiger partial charge in [-0.2, -0.15) is 0 Å². The van der Waals surface area contributed by atoms with E-state index in [0.717, 1.165) is 4.88 Å². The van der Waals surface area contributed by atoms with Crippen molar-refractivity contribution in [3.63, 3.8) is 0 Å². The highest BCUT2D eigenvalue weighted by molar-refractivity contribution is 7.19. The van der Waals surface area contributed by atoms with Crippen molar-refractivity contribution in [2.75, 3.05) is 11.9 Å². The number of carbonyl (C=O) groups excluding carboxylic acids is 2. The minimum absolute atomic E-state index is 0.0120. The first-order valence-electron chi connectivity index (χ1n) is 8.92. The fourth-order valence-electron chi connectivity index (χ4n) is 2.82. The summed E-state index contributed by atoms with van der Waals surface area (Å²) >= 11 is 1.27. The molecule has 1 amide bonds. The van der Waals surface area contributed by atoms with Crippen LogP contribution in [0.3, 0.4) is 0 Å². The molecule has 3 rings (SSSR count). The predicted molar refractivity (Wildman–Crippen MR) is 109 cm³/mol. The molecule has 1 aromatic carbocycles. The molecule has 0 fully saturated rings. The number of aryl methyl sites for hydroxylation is 1. The molecule has 2 aromatic heterocycles. The van der Waals surface area contributed by atoms with Crippen LogP contribution in [0.15, 0.2) is 35.4 Å². The van der Waals surface area contributed by atoms with Crippen molar-refractivity contribution < 1.29 is 14.3 Å². The van der Waals surface area contributed by atoms with Crippen molar-refractivity contribution in [2.24, 2.45) is 0 Å². The maximum atomic E-state index is 12.8. The Hall–Kier alpha value is -3.00. The summed E-state index contributed by atoms with van der Waals surface area (Å²) < 4.78 is 6.96. The van der Waals surface area contributed by atoms with E-state index in [0.29, 0.717) is 33.6 Å². The van der Waals surface area contributed by atoms with Crippen molar-refractivity contribution >= 4 is 39.1 Å². The van der Waals surface area contributed by atoms with Gasteiger partial charge in [-0.05, 0) is 52.0 Å². The lowest BCUT2D eigenvalue weighted by atomic mass is 10.2. The van der Waals surface area contributed by atoms with Crippen molar-refractivity contribution in [3.05, 3.63) is 57.0 Å². The molecule has 3 aromatic rings. The number of thiophene rings is 1. The van der Waals surface area contributed by atoms with Gasteiger partial charge in [-0.3, -0.25) is 14.2 Å². The second-order valence-corrected chi connectivity index (χ2v) is 7.74. The summed E-state index contributed by atoms with van der Waals surface area (Å²) in [5, 5.41) is 2.80. The van der Waals surface area contributed by atoms with Crippen molar-refractivity contribution in [2.45, 2.75) is 33.7 Å². The van der Waals surface area contributed by atoms with E-state index in [1.54, 1.807) is 42.7 Å². The summed E-state index contributed by atoms with van der Waals surface area (Å²) in [5.74, 6) is -0.757. The molecular formula is C20H21N3O4S. The van der Waals surface area contributed by atoms with E-state index in [2.05, 4.69) is 10.3 Å². The molecule has 0 unspecified atom stereocenters. The first-order valence-corrected chi connectivity index (χ1v) is 9.73. The van der Waals surface area contributed by atoms with E-state index in [4.69, 9.17) is 4.74 Å². The van der Waals surface area contributed by atoms with E-state index >= 15 is 0 Å². The van der Waals surface area contributed by atoms with E-state index in [-0.39, 0.29) is 17.5 Å². The smallest absolute Gasteiger partial charge is 0.338 e. The lowest BCUT2D eigenvalue weighted by Gasteiger charge is -2.09. The van der Waals surface area contributed by atoms with Gasteiger partial charge in [0.05, 0.1) is 24.1 Å². The Morgan fingerprint density at radius 1 is 1.25 bits per heavy atom. The number of amides is 1. The topological polar surface area (TPSA) is 90.3 Å². The van der Waals surface area contributed by atoms with Gasteiger partial charge in [0, 0.05) is 16.6 Å². The number of rotatable bonds is 5. The Kier molecular flexibility index (Phi) is 5.60. The molecule has 0 spiro atoms. The third-order valence-corrected chi connectivity index (χ3v) is 5.32. The highest BCUT2D eigenvalue weighted by Crippen LogP contribution is 2.28. The Balaban J connectivity index is 1.90. The van der Waals surface area contributed by atoms with Gasteiger partial charge in [0.2, 0.25) is 0 Å². The molecule has 0 saturated heterocycles. The standard InChI is InChI=1S/C20H21N3O4S/c1-5-27-20(26)13-6-8-14(9-7-13)22-18(24)15-12(4)28-17-16(15)21-10-23(11(2)3)19(17)25/h6-11H,5H2,1-4H3,(H,22,24). The average Bonchev–Trinajstić information content (AvgIpc) is 2.99. The molecule has 28 heavy (non-hydrogen) atoms. The maximum Gasteiger partial charge on any atom is 0.338 e. The number of carbonyl (C=O) groups is 2. The molecule has 7 nitrogen and oxygen atoms in total. The summed E-state index contributed by atoms with van der Waals surface area (Å²) in [4.78, 5) is 42.2. The molecule has 0 aliphatic heterocycles. The molecule has 0 atom stereocenters. The second-order valence-electron chi connectivity index (χ2n) is 6.51. The Morgan fingerprint density at radius 3 is 2.54 bits per heavy atom. The summed E-state index contributed by atoms with van der Waals surface area (Å²) in [6.07, 6.45) is 1.48. The van der Waals surface area contributed by atoms with Crippen LogP contribution in [0.5, 0.6) is 0 Å². The van der Waals surface area contributed by atoms with Gasteiger partial charge in [0.15, 0.2) is 0 Å².